The standard InChI is InChI=1S/C13H19N3O3/c1-19-11-8-14-7-10(15-11)16-12(13(17)18)9-5-3-2-4-6-9/h7-9,12H,2-6H2,1H3,(H,15,16)(H,17,18). The summed E-state index contributed by atoms with van der Waals surface area (Å²) in [6, 6.07) is -0.610. The van der Waals surface area contributed by atoms with Crippen molar-refractivity contribution >= 4 is 11.8 Å². The molecule has 1 atom stereocenters. The summed E-state index contributed by atoms with van der Waals surface area (Å²) in [5.41, 5.74) is 0. The number of hydrogen-bond acceptors (Lipinski definition) is 5. The van der Waals surface area contributed by atoms with Gasteiger partial charge in [-0.2, -0.15) is 4.98 Å². The van der Waals surface area contributed by atoms with Crippen molar-refractivity contribution in [3.05, 3.63) is 12.4 Å². The van der Waals surface area contributed by atoms with Crippen LogP contribution >= 0.6 is 0 Å². The molecule has 1 heterocycles. The third kappa shape index (κ3) is 3.56. The fourth-order valence-electron chi connectivity index (χ4n) is 2.52. The first kappa shape index (κ1) is 13.6. The number of nitrogens with one attached hydrogen (secondary N) is 1. The summed E-state index contributed by atoms with van der Waals surface area (Å²) >= 11 is 0. The fraction of sp³-hybridized carbons (Fsp3) is 0.615. The van der Waals surface area contributed by atoms with Crippen molar-refractivity contribution in [1.29, 1.82) is 0 Å². The average Bonchev–Trinajstić information content (AvgIpc) is 2.45. The van der Waals surface area contributed by atoms with Crippen molar-refractivity contribution in [3.8, 4) is 5.88 Å². The van der Waals surface area contributed by atoms with Gasteiger partial charge in [0.05, 0.1) is 19.5 Å². The van der Waals surface area contributed by atoms with E-state index in [1.807, 2.05) is 0 Å². The SMILES string of the molecule is COc1cncc(NC(C(=O)O)C2CCCCC2)n1. The first-order chi connectivity index (χ1) is 9.20. The topological polar surface area (TPSA) is 84.3 Å². The lowest BCUT2D eigenvalue weighted by atomic mass is 9.84. The van der Waals surface area contributed by atoms with Gasteiger partial charge in [0.1, 0.15) is 11.9 Å². The number of ether oxygens (including phenoxy) is 1. The first-order valence-corrected chi connectivity index (χ1v) is 6.56. The third-order valence-corrected chi connectivity index (χ3v) is 3.51. The number of carbonyl (C=O) groups is 1. The molecule has 1 saturated carbocycles. The monoisotopic (exact) mass is 265 g/mol. The molecule has 0 amide bonds. The minimum Gasteiger partial charge on any atom is -0.480 e. The average molecular weight is 265 g/mol. The molecule has 1 aromatic heterocycles. The zero-order valence-corrected chi connectivity index (χ0v) is 11.0. The molecule has 0 bridgehead atoms. The van der Waals surface area contributed by atoms with Gasteiger partial charge in [-0.15, -0.1) is 0 Å². The summed E-state index contributed by atoms with van der Waals surface area (Å²) in [6.07, 6.45) is 8.28. The van der Waals surface area contributed by atoms with E-state index in [1.54, 1.807) is 0 Å². The van der Waals surface area contributed by atoms with Crippen molar-refractivity contribution < 1.29 is 14.6 Å². The van der Waals surface area contributed by atoms with Crippen LogP contribution in [-0.4, -0.2) is 34.2 Å². The van der Waals surface area contributed by atoms with E-state index < -0.39 is 12.0 Å². The Kier molecular flexibility index (Phi) is 4.54. The highest BCUT2D eigenvalue weighted by Gasteiger charge is 2.29. The Morgan fingerprint density at radius 2 is 2.16 bits per heavy atom. The van der Waals surface area contributed by atoms with E-state index >= 15 is 0 Å². The number of nitrogens with zero attached hydrogens (tertiary/aromatic N) is 2. The van der Waals surface area contributed by atoms with Crippen molar-refractivity contribution in [1.82, 2.24) is 9.97 Å². The minimum absolute atomic E-state index is 0.152. The molecule has 1 aromatic rings. The molecule has 2 rings (SSSR count). The van der Waals surface area contributed by atoms with Crippen molar-refractivity contribution in [2.45, 2.75) is 38.1 Å². The molecular weight excluding hydrogens is 246 g/mol. The number of methoxy groups -OCH3 is 1. The summed E-state index contributed by atoms with van der Waals surface area (Å²) in [4.78, 5) is 19.5. The van der Waals surface area contributed by atoms with Gasteiger partial charge in [-0.25, -0.2) is 4.79 Å². The first-order valence-electron chi connectivity index (χ1n) is 6.56. The van der Waals surface area contributed by atoms with E-state index in [1.165, 1.54) is 25.9 Å². The predicted octanol–water partition coefficient (Wildman–Crippen LogP) is 1.93. The molecular formula is C13H19N3O3. The third-order valence-electron chi connectivity index (χ3n) is 3.51. The molecule has 1 aliphatic carbocycles. The summed E-state index contributed by atoms with van der Waals surface area (Å²) < 4.78 is 4.98. The van der Waals surface area contributed by atoms with Gasteiger partial charge in [-0.3, -0.25) is 4.98 Å². The highest BCUT2D eigenvalue weighted by atomic mass is 16.5. The maximum atomic E-state index is 11.4. The molecule has 0 aromatic carbocycles. The zero-order chi connectivity index (χ0) is 13.7. The van der Waals surface area contributed by atoms with Gasteiger partial charge in [0, 0.05) is 0 Å². The van der Waals surface area contributed by atoms with Crippen LogP contribution in [0.25, 0.3) is 0 Å². The van der Waals surface area contributed by atoms with Gasteiger partial charge in [0.25, 0.3) is 0 Å². The Bertz CT molecular complexity index is 433. The lowest BCUT2D eigenvalue weighted by Crippen LogP contribution is -2.38. The van der Waals surface area contributed by atoms with Crippen LogP contribution in [0.1, 0.15) is 32.1 Å². The van der Waals surface area contributed by atoms with Gasteiger partial charge in [0.2, 0.25) is 5.88 Å². The number of anilines is 1. The highest BCUT2D eigenvalue weighted by molar-refractivity contribution is 5.77. The Morgan fingerprint density at radius 3 is 2.79 bits per heavy atom. The predicted molar refractivity (Wildman–Crippen MR) is 70.2 cm³/mol. The lowest BCUT2D eigenvalue weighted by molar-refractivity contribution is -0.139. The van der Waals surface area contributed by atoms with E-state index in [2.05, 4.69) is 15.3 Å². The smallest absolute Gasteiger partial charge is 0.326 e. The number of aliphatic carboxylic acids is 1. The summed E-state index contributed by atoms with van der Waals surface area (Å²) in [5.74, 6) is 0.130. The Balaban J connectivity index is 2.08. The molecule has 0 radical (unpaired) electrons. The normalized spacial score (nSPS) is 17.7. The second-order valence-corrected chi connectivity index (χ2v) is 4.81. The molecule has 1 aliphatic rings. The van der Waals surface area contributed by atoms with Crippen LogP contribution in [0.4, 0.5) is 5.82 Å². The van der Waals surface area contributed by atoms with Crippen molar-refractivity contribution in [2.24, 2.45) is 5.92 Å². The fourth-order valence-corrected chi connectivity index (χ4v) is 2.52. The second-order valence-electron chi connectivity index (χ2n) is 4.81. The van der Waals surface area contributed by atoms with E-state index in [9.17, 15) is 9.90 Å². The van der Waals surface area contributed by atoms with Crippen LogP contribution < -0.4 is 10.1 Å². The van der Waals surface area contributed by atoms with Gasteiger partial charge >= 0.3 is 5.97 Å². The molecule has 2 N–H and O–H groups in total. The molecule has 1 fully saturated rings. The Morgan fingerprint density at radius 1 is 1.42 bits per heavy atom. The van der Waals surface area contributed by atoms with E-state index in [-0.39, 0.29) is 5.92 Å². The van der Waals surface area contributed by atoms with Gasteiger partial charge in [-0.1, -0.05) is 19.3 Å². The van der Waals surface area contributed by atoms with E-state index in [0.29, 0.717) is 11.7 Å². The quantitative estimate of drug-likeness (QED) is 0.846. The molecule has 1 unspecified atom stereocenters. The molecule has 0 spiro atoms. The lowest BCUT2D eigenvalue weighted by Gasteiger charge is -2.28. The number of aromatic nitrogens is 2. The van der Waals surface area contributed by atoms with Crippen LogP contribution in [0.5, 0.6) is 5.88 Å². The van der Waals surface area contributed by atoms with Gasteiger partial charge < -0.3 is 15.2 Å². The zero-order valence-electron chi connectivity index (χ0n) is 11.0. The van der Waals surface area contributed by atoms with Gasteiger partial charge in [0.15, 0.2) is 0 Å². The van der Waals surface area contributed by atoms with Crippen LogP contribution in [0.3, 0.4) is 0 Å². The van der Waals surface area contributed by atoms with Crippen LogP contribution in [0.2, 0.25) is 0 Å². The second kappa shape index (κ2) is 6.36. The van der Waals surface area contributed by atoms with Crippen LogP contribution in [-0.2, 0) is 4.79 Å². The molecule has 0 saturated heterocycles. The summed E-state index contributed by atoms with van der Waals surface area (Å²) in [6.45, 7) is 0. The number of carboxylic acids is 1. The number of hydrogen-bond donors (Lipinski definition) is 2. The largest absolute Gasteiger partial charge is 0.480 e. The number of rotatable bonds is 5. The summed E-state index contributed by atoms with van der Waals surface area (Å²) in [7, 11) is 1.50. The molecule has 19 heavy (non-hydrogen) atoms. The number of carboxylic acid groups (broad SMARTS) is 1. The van der Waals surface area contributed by atoms with Gasteiger partial charge in [-0.05, 0) is 18.8 Å². The van der Waals surface area contributed by atoms with E-state index in [4.69, 9.17) is 4.74 Å². The summed E-state index contributed by atoms with van der Waals surface area (Å²) in [5, 5.41) is 12.3. The van der Waals surface area contributed by atoms with Crippen LogP contribution in [0, 0.1) is 5.92 Å². The maximum Gasteiger partial charge on any atom is 0.326 e. The molecule has 6 nitrogen and oxygen atoms in total. The van der Waals surface area contributed by atoms with Crippen molar-refractivity contribution in [2.75, 3.05) is 12.4 Å². The maximum absolute atomic E-state index is 11.4. The molecule has 104 valence electrons. The highest BCUT2D eigenvalue weighted by Crippen LogP contribution is 2.28. The Labute approximate surface area is 112 Å². The van der Waals surface area contributed by atoms with Crippen molar-refractivity contribution in [3.63, 3.8) is 0 Å². The Hall–Kier alpha value is -1.85. The van der Waals surface area contributed by atoms with E-state index in [0.717, 1.165) is 25.7 Å². The molecule has 6 heteroatoms. The minimum atomic E-state index is -0.837. The van der Waals surface area contributed by atoms with Crippen LogP contribution in [0.15, 0.2) is 12.4 Å². The molecule has 0 aliphatic heterocycles.